The van der Waals surface area contributed by atoms with Crippen molar-refractivity contribution < 1.29 is 18.7 Å². The Labute approximate surface area is 148 Å². The lowest BCUT2D eigenvalue weighted by molar-refractivity contribution is -0.160. The lowest BCUT2D eigenvalue weighted by Gasteiger charge is -2.41. The molecule has 0 aromatic heterocycles. The van der Waals surface area contributed by atoms with E-state index in [0.717, 1.165) is 12.0 Å². The number of carbonyl (C=O) groups excluding carboxylic acids is 2. The highest BCUT2D eigenvalue weighted by Gasteiger charge is 2.44. The van der Waals surface area contributed by atoms with Crippen LogP contribution in [0.3, 0.4) is 0 Å². The van der Waals surface area contributed by atoms with Crippen LogP contribution in [-0.2, 0) is 20.7 Å². The SMILES string of the molecule is C=CCCC(=O)N1CCC[C@@](Cc2ccc(F)cc2)(C(=O)OCC)C1. The molecule has 136 valence electrons. The first kappa shape index (κ1) is 19.2. The fraction of sp³-hybridized carbons (Fsp3) is 0.500. The molecule has 0 spiro atoms. The standard InChI is InChI=1S/C20H26FNO3/c1-3-5-7-18(23)22-13-6-12-20(15-22,19(24)25-4-2)14-16-8-10-17(21)11-9-16/h3,8-11H,1,4-7,12-15H2,2H3/t20-/m0/s1. The first-order chi connectivity index (χ1) is 12.0. The maximum atomic E-state index is 13.2. The first-order valence-electron chi connectivity index (χ1n) is 8.81. The summed E-state index contributed by atoms with van der Waals surface area (Å²) in [7, 11) is 0. The van der Waals surface area contributed by atoms with E-state index in [-0.39, 0.29) is 17.7 Å². The number of amides is 1. The highest BCUT2D eigenvalue weighted by molar-refractivity contribution is 5.81. The Bertz CT molecular complexity index is 614. The van der Waals surface area contributed by atoms with Crippen LogP contribution in [0.4, 0.5) is 4.39 Å². The molecule has 5 heteroatoms. The van der Waals surface area contributed by atoms with Gasteiger partial charge in [0.25, 0.3) is 0 Å². The number of likely N-dealkylation sites (tertiary alicyclic amines) is 1. The average molecular weight is 347 g/mol. The molecule has 2 rings (SSSR count). The van der Waals surface area contributed by atoms with Crippen LogP contribution in [0, 0.1) is 11.2 Å². The molecule has 0 N–H and O–H groups in total. The number of allylic oxidation sites excluding steroid dienone is 1. The molecule has 4 nitrogen and oxygen atoms in total. The number of piperidine rings is 1. The van der Waals surface area contributed by atoms with Gasteiger partial charge < -0.3 is 9.64 Å². The summed E-state index contributed by atoms with van der Waals surface area (Å²) in [5.41, 5.74) is 0.102. The zero-order valence-electron chi connectivity index (χ0n) is 14.8. The van der Waals surface area contributed by atoms with E-state index in [2.05, 4.69) is 6.58 Å². The van der Waals surface area contributed by atoms with Crippen LogP contribution in [0.1, 0.15) is 38.2 Å². The van der Waals surface area contributed by atoms with Crippen molar-refractivity contribution in [2.45, 2.75) is 39.0 Å². The smallest absolute Gasteiger partial charge is 0.314 e. The number of benzene rings is 1. The van der Waals surface area contributed by atoms with E-state index in [1.807, 2.05) is 0 Å². The molecule has 0 unspecified atom stereocenters. The molecule has 1 saturated heterocycles. The molecule has 1 aromatic rings. The zero-order chi connectivity index (χ0) is 18.3. The minimum absolute atomic E-state index is 0.0346. The highest BCUT2D eigenvalue weighted by atomic mass is 19.1. The van der Waals surface area contributed by atoms with Crippen LogP contribution in [0.15, 0.2) is 36.9 Å². The average Bonchev–Trinajstić information content (AvgIpc) is 2.62. The van der Waals surface area contributed by atoms with Gasteiger partial charge >= 0.3 is 5.97 Å². The molecule has 0 aliphatic carbocycles. The van der Waals surface area contributed by atoms with Crippen LogP contribution in [0.25, 0.3) is 0 Å². The van der Waals surface area contributed by atoms with Crippen molar-refractivity contribution in [1.82, 2.24) is 4.90 Å². The van der Waals surface area contributed by atoms with Crippen molar-refractivity contribution >= 4 is 11.9 Å². The van der Waals surface area contributed by atoms with Gasteiger partial charge in [-0.2, -0.15) is 0 Å². The normalized spacial score (nSPS) is 20.2. The van der Waals surface area contributed by atoms with E-state index in [0.29, 0.717) is 45.4 Å². The summed E-state index contributed by atoms with van der Waals surface area (Å²) in [4.78, 5) is 26.9. The van der Waals surface area contributed by atoms with Crippen molar-refractivity contribution in [3.63, 3.8) is 0 Å². The summed E-state index contributed by atoms with van der Waals surface area (Å²) < 4.78 is 18.5. The summed E-state index contributed by atoms with van der Waals surface area (Å²) in [6.45, 7) is 6.72. The van der Waals surface area contributed by atoms with Gasteiger partial charge in [0.15, 0.2) is 0 Å². The molecule has 0 bridgehead atoms. The van der Waals surface area contributed by atoms with E-state index >= 15 is 0 Å². The van der Waals surface area contributed by atoms with Crippen LogP contribution in [-0.4, -0.2) is 36.5 Å². The van der Waals surface area contributed by atoms with Gasteiger partial charge in [-0.25, -0.2) is 4.39 Å². The van der Waals surface area contributed by atoms with Gasteiger partial charge in [0.2, 0.25) is 5.91 Å². The summed E-state index contributed by atoms with van der Waals surface area (Å²) in [5.74, 6) is -0.549. The minimum atomic E-state index is -0.768. The van der Waals surface area contributed by atoms with E-state index in [1.165, 1.54) is 12.1 Å². The Morgan fingerprint density at radius 1 is 1.36 bits per heavy atom. The number of halogens is 1. The molecule has 1 aliphatic rings. The van der Waals surface area contributed by atoms with Gasteiger partial charge in [0.05, 0.1) is 12.0 Å². The monoisotopic (exact) mass is 347 g/mol. The number of rotatable bonds is 7. The third-order valence-electron chi connectivity index (χ3n) is 4.66. The molecule has 1 fully saturated rings. The largest absolute Gasteiger partial charge is 0.466 e. The molecule has 1 atom stereocenters. The molecular formula is C20H26FNO3. The van der Waals surface area contributed by atoms with E-state index in [4.69, 9.17) is 4.74 Å². The number of hydrogen-bond acceptors (Lipinski definition) is 3. The van der Waals surface area contributed by atoms with E-state index in [1.54, 1.807) is 30.0 Å². The van der Waals surface area contributed by atoms with Gasteiger partial charge in [0, 0.05) is 19.5 Å². The summed E-state index contributed by atoms with van der Waals surface area (Å²) >= 11 is 0. The fourth-order valence-corrected chi connectivity index (χ4v) is 3.39. The maximum Gasteiger partial charge on any atom is 0.314 e. The van der Waals surface area contributed by atoms with Crippen molar-refractivity contribution in [2.75, 3.05) is 19.7 Å². The number of nitrogens with zero attached hydrogens (tertiary/aromatic N) is 1. The lowest BCUT2D eigenvalue weighted by Crippen LogP contribution is -2.51. The molecule has 1 aromatic carbocycles. The molecule has 1 amide bonds. The number of ether oxygens (including phenoxy) is 1. The van der Waals surface area contributed by atoms with Crippen LogP contribution < -0.4 is 0 Å². The van der Waals surface area contributed by atoms with Gasteiger partial charge in [-0.1, -0.05) is 18.2 Å². The molecule has 0 radical (unpaired) electrons. The van der Waals surface area contributed by atoms with Crippen LogP contribution in [0.5, 0.6) is 0 Å². The molecule has 0 saturated carbocycles. The Morgan fingerprint density at radius 2 is 2.08 bits per heavy atom. The van der Waals surface area contributed by atoms with Gasteiger partial charge in [-0.3, -0.25) is 9.59 Å². The minimum Gasteiger partial charge on any atom is -0.466 e. The van der Waals surface area contributed by atoms with Crippen LogP contribution in [0.2, 0.25) is 0 Å². The molecule has 1 aliphatic heterocycles. The lowest BCUT2D eigenvalue weighted by atomic mass is 9.75. The van der Waals surface area contributed by atoms with Crippen molar-refractivity contribution in [2.24, 2.45) is 5.41 Å². The van der Waals surface area contributed by atoms with Crippen molar-refractivity contribution in [1.29, 1.82) is 0 Å². The molecule has 25 heavy (non-hydrogen) atoms. The second kappa shape index (κ2) is 8.79. The van der Waals surface area contributed by atoms with E-state index < -0.39 is 5.41 Å². The van der Waals surface area contributed by atoms with Crippen molar-refractivity contribution in [3.8, 4) is 0 Å². The number of hydrogen-bond donors (Lipinski definition) is 0. The highest BCUT2D eigenvalue weighted by Crippen LogP contribution is 2.35. The Balaban J connectivity index is 2.21. The predicted octanol–water partition coefficient (Wildman–Crippen LogP) is 3.51. The number of carbonyl (C=O) groups is 2. The second-order valence-electron chi connectivity index (χ2n) is 6.55. The Morgan fingerprint density at radius 3 is 2.72 bits per heavy atom. The molecule has 1 heterocycles. The van der Waals surface area contributed by atoms with Crippen molar-refractivity contribution in [3.05, 3.63) is 48.3 Å². The Hall–Kier alpha value is -2.17. The van der Waals surface area contributed by atoms with Gasteiger partial charge in [0.1, 0.15) is 5.82 Å². The Kier molecular flexibility index (Phi) is 6.73. The van der Waals surface area contributed by atoms with Gasteiger partial charge in [-0.05, 0) is 50.3 Å². The summed E-state index contributed by atoms with van der Waals surface area (Å²) in [6, 6.07) is 6.16. The topological polar surface area (TPSA) is 46.6 Å². The predicted molar refractivity (Wildman–Crippen MR) is 94.4 cm³/mol. The zero-order valence-corrected chi connectivity index (χ0v) is 14.8. The second-order valence-corrected chi connectivity index (χ2v) is 6.55. The van der Waals surface area contributed by atoms with Gasteiger partial charge in [-0.15, -0.1) is 6.58 Å². The van der Waals surface area contributed by atoms with E-state index in [9.17, 15) is 14.0 Å². The summed E-state index contributed by atoms with van der Waals surface area (Å²) in [5, 5.41) is 0. The number of esters is 1. The molecular weight excluding hydrogens is 321 g/mol. The fourth-order valence-electron chi connectivity index (χ4n) is 3.39. The third kappa shape index (κ3) is 4.91. The third-order valence-corrected chi connectivity index (χ3v) is 4.66. The van der Waals surface area contributed by atoms with Crippen LogP contribution >= 0.6 is 0 Å². The summed E-state index contributed by atoms with van der Waals surface area (Å²) in [6.07, 6.45) is 4.60. The maximum absolute atomic E-state index is 13.2. The first-order valence-corrected chi connectivity index (χ1v) is 8.81. The quantitative estimate of drug-likeness (QED) is 0.560.